The number of ether oxygens (including phenoxy) is 2. The van der Waals surface area contributed by atoms with E-state index < -0.39 is 6.04 Å². The molecule has 0 unspecified atom stereocenters. The van der Waals surface area contributed by atoms with Crippen LogP contribution in [0.15, 0.2) is 76.2 Å². The lowest BCUT2D eigenvalue weighted by molar-refractivity contribution is 0.0714. The first kappa shape index (κ1) is 21.7. The molecule has 0 fully saturated rings. The van der Waals surface area contributed by atoms with Crippen molar-refractivity contribution in [1.82, 2.24) is 9.88 Å². The van der Waals surface area contributed by atoms with Gasteiger partial charge in [-0.2, -0.15) is 0 Å². The zero-order chi connectivity index (χ0) is 23.7. The van der Waals surface area contributed by atoms with Gasteiger partial charge in [0.1, 0.15) is 5.58 Å². The van der Waals surface area contributed by atoms with Crippen molar-refractivity contribution in [2.24, 2.45) is 0 Å². The molecule has 0 saturated carbocycles. The molecule has 4 aromatic rings. The lowest BCUT2D eigenvalue weighted by atomic mass is 9.98. The number of para-hydroxylation sites is 1. The van der Waals surface area contributed by atoms with Crippen molar-refractivity contribution < 1.29 is 18.7 Å². The summed E-state index contributed by atoms with van der Waals surface area (Å²) in [6.07, 6.45) is 3.39. The summed E-state index contributed by atoms with van der Waals surface area (Å²) in [6, 6.07) is 15.6. The molecule has 0 saturated heterocycles. The first-order valence-electron chi connectivity index (χ1n) is 11.3. The molecule has 0 bridgehead atoms. The number of amides is 1. The van der Waals surface area contributed by atoms with Crippen LogP contribution in [0, 0.1) is 0 Å². The smallest absolute Gasteiger partial charge is 0.291 e. The van der Waals surface area contributed by atoms with E-state index in [1.807, 2.05) is 44.2 Å². The Hall–Kier alpha value is -4.13. The van der Waals surface area contributed by atoms with Gasteiger partial charge in [-0.05, 0) is 55.3 Å². The monoisotopic (exact) mass is 456 g/mol. The van der Waals surface area contributed by atoms with Crippen LogP contribution in [-0.4, -0.2) is 29.0 Å². The van der Waals surface area contributed by atoms with E-state index in [9.17, 15) is 9.59 Å². The van der Waals surface area contributed by atoms with E-state index >= 15 is 0 Å². The average molecular weight is 456 g/mol. The van der Waals surface area contributed by atoms with Crippen LogP contribution in [0.3, 0.4) is 0 Å². The second-order valence-corrected chi connectivity index (χ2v) is 7.94. The van der Waals surface area contributed by atoms with Gasteiger partial charge in [0.2, 0.25) is 5.76 Å². The number of rotatable bonds is 7. The van der Waals surface area contributed by atoms with Gasteiger partial charge in [0.15, 0.2) is 16.9 Å². The van der Waals surface area contributed by atoms with Gasteiger partial charge in [-0.1, -0.05) is 24.3 Å². The van der Waals surface area contributed by atoms with Crippen molar-refractivity contribution in [3.8, 4) is 11.5 Å². The average Bonchev–Trinajstić information content (AvgIpc) is 3.13. The van der Waals surface area contributed by atoms with Crippen LogP contribution in [0.25, 0.3) is 11.0 Å². The number of carbonyl (C=O) groups is 1. The SMILES string of the molecule is CCOc1ccc([C@H]2c3c(oc4ccccc4c3=O)C(=O)N2Cc2cccnc2)cc1OCC. The Bertz CT molecular complexity index is 1410. The minimum atomic E-state index is -0.640. The molecule has 2 aromatic carbocycles. The maximum Gasteiger partial charge on any atom is 0.291 e. The molecule has 7 nitrogen and oxygen atoms in total. The summed E-state index contributed by atoms with van der Waals surface area (Å²) in [6.45, 7) is 5.02. The molecular formula is C27H24N2O5. The molecule has 172 valence electrons. The maximum absolute atomic E-state index is 13.6. The highest BCUT2D eigenvalue weighted by Gasteiger charge is 2.43. The van der Waals surface area contributed by atoms with E-state index in [1.54, 1.807) is 41.6 Å². The molecule has 34 heavy (non-hydrogen) atoms. The van der Waals surface area contributed by atoms with E-state index in [0.717, 1.165) is 11.1 Å². The van der Waals surface area contributed by atoms with Gasteiger partial charge < -0.3 is 18.8 Å². The predicted octanol–water partition coefficient (Wildman–Crippen LogP) is 4.73. The molecule has 0 N–H and O–H groups in total. The number of hydrogen-bond donors (Lipinski definition) is 0. The van der Waals surface area contributed by atoms with Crippen LogP contribution in [0.4, 0.5) is 0 Å². The highest BCUT2D eigenvalue weighted by atomic mass is 16.5. The maximum atomic E-state index is 13.6. The fourth-order valence-corrected chi connectivity index (χ4v) is 4.40. The van der Waals surface area contributed by atoms with Gasteiger partial charge in [0.25, 0.3) is 5.91 Å². The largest absolute Gasteiger partial charge is 0.490 e. The summed E-state index contributed by atoms with van der Waals surface area (Å²) < 4.78 is 17.5. The molecule has 2 aromatic heterocycles. The fraction of sp³-hybridized carbons (Fsp3) is 0.222. The van der Waals surface area contributed by atoms with Crippen molar-refractivity contribution in [2.45, 2.75) is 26.4 Å². The second-order valence-electron chi connectivity index (χ2n) is 7.94. The van der Waals surface area contributed by atoms with E-state index in [4.69, 9.17) is 13.9 Å². The Balaban J connectivity index is 1.71. The summed E-state index contributed by atoms with van der Waals surface area (Å²) >= 11 is 0. The minimum Gasteiger partial charge on any atom is -0.490 e. The summed E-state index contributed by atoms with van der Waals surface area (Å²) in [5.41, 5.74) is 2.10. The number of hydrogen-bond acceptors (Lipinski definition) is 6. The molecule has 7 heteroatoms. The Morgan fingerprint density at radius 2 is 1.76 bits per heavy atom. The number of carbonyl (C=O) groups excluding carboxylic acids is 1. The summed E-state index contributed by atoms with van der Waals surface area (Å²) in [5, 5.41) is 0.443. The van der Waals surface area contributed by atoms with Crippen LogP contribution in [0.1, 0.15) is 47.1 Å². The Kier molecular flexibility index (Phi) is 5.76. The summed E-state index contributed by atoms with van der Waals surface area (Å²) in [7, 11) is 0. The number of nitrogens with zero attached hydrogens (tertiary/aromatic N) is 2. The normalized spacial score (nSPS) is 14.9. The van der Waals surface area contributed by atoms with Crippen molar-refractivity contribution in [3.63, 3.8) is 0 Å². The van der Waals surface area contributed by atoms with Gasteiger partial charge in [0, 0.05) is 18.9 Å². The third-order valence-electron chi connectivity index (χ3n) is 5.83. The van der Waals surface area contributed by atoms with Gasteiger partial charge in [0.05, 0.1) is 30.2 Å². The first-order chi connectivity index (χ1) is 16.6. The molecule has 1 atom stereocenters. The Labute approximate surface area is 196 Å². The minimum absolute atomic E-state index is 0.0736. The third-order valence-corrected chi connectivity index (χ3v) is 5.83. The van der Waals surface area contributed by atoms with E-state index in [1.165, 1.54) is 0 Å². The van der Waals surface area contributed by atoms with Gasteiger partial charge in [-0.25, -0.2) is 0 Å². The van der Waals surface area contributed by atoms with Crippen LogP contribution in [0.2, 0.25) is 0 Å². The van der Waals surface area contributed by atoms with Crippen molar-refractivity contribution in [3.05, 3.63) is 99.7 Å². The molecule has 5 rings (SSSR count). The van der Waals surface area contributed by atoms with Crippen LogP contribution in [-0.2, 0) is 6.54 Å². The van der Waals surface area contributed by atoms with Crippen molar-refractivity contribution in [1.29, 1.82) is 0 Å². The zero-order valence-electron chi connectivity index (χ0n) is 19.0. The molecule has 0 aliphatic carbocycles. The molecule has 0 radical (unpaired) electrons. The lowest BCUT2D eigenvalue weighted by Gasteiger charge is -2.26. The van der Waals surface area contributed by atoms with E-state index in [0.29, 0.717) is 41.2 Å². The van der Waals surface area contributed by atoms with E-state index in [-0.39, 0.29) is 23.6 Å². The van der Waals surface area contributed by atoms with Crippen LogP contribution in [0.5, 0.6) is 11.5 Å². The number of benzene rings is 2. The topological polar surface area (TPSA) is 81.9 Å². The van der Waals surface area contributed by atoms with Gasteiger partial charge in [-0.3, -0.25) is 14.6 Å². The quantitative estimate of drug-likeness (QED) is 0.400. The lowest BCUT2D eigenvalue weighted by Crippen LogP contribution is -2.29. The van der Waals surface area contributed by atoms with Gasteiger partial charge >= 0.3 is 0 Å². The molecule has 3 heterocycles. The summed E-state index contributed by atoms with van der Waals surface area (Å²) in [5.74, 6) is 0.916. The fourth-order valence-electron chi connectivity index (χ4n) is 4.40. The highest BCUT2D eigenvalue weighted by molar-refractivity contribution is 5.99. The first-order valence-corrected chi connectivity index (χ1v) is 11.3. The van der Waals surface area contributed by atoms with Crippen molar-refractivity contribution in [2.75, 3.05) is 13.2 Å². The zero-order valence-corrected chi connectivity index (χ0v) is 19.0. The second kappa shape index (κ2) is 9.02. The number of pyridine rings is 1. The molecule has 1 aliphatic rings. The van der Waals surface area contributed by atoms with Crippen LogP contribution < -0.4 is 14.9 Å². The number of aromatic nitrogens is 1. The van der Waals surface area contributed by atoms with Crippen LogP contribution >= 0.6 is 0 Å². The Morgan fingerprint density at radius 1 is 0.971 bits per heavy atom. The van der Waals surface area contributed by atoms with Gasteiger partial charge in [-0.15, -0.1) is 0 Å². The standard InChI is InChI=1S/C27H24N2O5/c1-3-32-21-12-11-18(14-22(21)33-4-2)24-23-25(30)19-9-5-6-10-20(19)34-26(23)27(31)29(24)16-17-8-7-13-28-15-17/h5-15,24H,3-4,16H2,1-2H3/t24-/m0/s1. The molecule has 1 amide bonds. The molecule has 0 spiro atoms. The van der Waals surface area contributed by atoms with Crippen molar-refractivity contribution >= 4 is 16.9 Å². The summed E-state index contributed by atoms with van der Waals surface area (Å²) in [4.78, 5) is 33.0. The highest BCUT2D eigenvalue weighted by Crippen LogP contribution is 2.41. The third kappa shape index (κ3) is 3.69. The molecule has 1 aliphatic heterocycles. The Morgan fingerprint density at radius 3 is 2.53 bits per heavy atom. The number of fused-ring (bicyclic) bond motifs is 2. The predicted molar refractivity (Wildman–Crippen MR) is 127 cm³/mol. The molecular weight excluding hydrogens is 432 g/mol. The van der Waals surface area contributed by atoms with E-state index in [2.05, 4.69) is 4.98 Å².